The minimum atomic E-state index is 0.950. The van der Waals surface area contributed by atoms with Crippen LogP contribution < -0.4 is 11.0 Å². The third-order valence-corrected chi connectivity index (χ3v) is 1.53. The summed E-state index contributed by atoms with van der Waals surface area (Å²) in [6, 6.07) is 0. The van der Waals surface area contributed by atoms with Gasteiger partial charge in [-0.3, -0.25) is 5.43 Å². The van der Waals surface area contributed by atoms with Crippen LogP contribution >= 0.6 is 15.9 Å². The molecule has 0 saturated carbocycles. The molecule has 2 N–H and O–H groups in total. The van der Waals surface area contributed by atoms with Crippen molar-refractivity contribution in [3.8, 4) is 0 Å². The molecule has 0 radical (unpaired) electrons. The van der Waals surface area contributed by atoms with Crippen LogP contribution in [0.3, 0.4) is 0 Å². The number of nitrogens with zero attached hydrogens (tertiary/aromatic N) is 2. The van der Waals surface area contributed by atoms with Crippen molar-refractivity contribution in [3.05, 3.63) is 0 Å². The quantitative estimate of drug-likeness (QED) is 0.621. The maximum Gasteiger partial charge on any atom is 0.126 e. The molecule has 0 saturated heterocycles. The zero-order chi connectivity index (χ0) is 6.53. The second-order valence-electron chi connectivity index (χ2n) is 1.68. The Morgan fingerprint density at radius 1 is 1.67 bits per heavy atom. The molecular formula is C4H9BrN4. The van der Waals surface area contributed by atoms with Crippen molar-refractivity contribution in [3.63, 3.8) is 0 Å². The molecule has 0 aromatic rings. The van der Waals surface area contributed by atoms with Crippen molar-refractivity contribution >= 4 is 22.3 Å². The Kier molecular flexibility index (Phi) is 2.79. The monoisotopic (exact) mass is 192 g/mol. The molecule has 0 atom stereocenters. The van der Waals surface area contributed by atoms with Crippen LogP contribution in [0.1, 0.15) is 6.42 Å². The summed E-state index contributed by atoms with van der Waals surface area (Å²) in [4.78, 5) is 0. The van der Waals surface area contributed by atoms with E-state index in [2.05, 4.69) is 32.0 Å². The zero-order valence-electron chi connectivity index (χ0n) is 4.97. The van der Waals surface area contributed by atoms with Gasteiger partial charge in [0.1, 0.15) is 6.34 Å². The molecule has 1 heterocycles. The predicted molar refractivity (Wildman–Crippen MR) is 39.9 cm³/mol. The minimum absolute atomic E-state index is 0.950. The highest BCUT2D eigenvalue weighted by Crippen LogP contribution is 1.89. The number of nitrogens with one attached hydrogen (secondary N) is 2. The molecule has 5 heteroatoms. The predicted octanol–water partition coefficient (Wildman–Crippen LogP) is 0.0395. The standard InChI is InChI=1S/C4H9BrN4/c5-2-1-3-9-7-4-6-8-9/h4,8H,1-3H2,(H,6,7). The van der Waals surface area contributed by atoms with Crippen molar-refractivity contribution in [2.24, 2.45) is 5.10 Å². The van der Waals surface area contributed by atoms with Crippen molar-refractivity contribution in [2.75, 3.05) is 11.9 Å². The highest BCUT2D eigenvalue weighted by atomic mass is 79.9. The van der Waals surface area contributed by atoms with Crippen LogP contribution in [0.25, 0.3) is 0 Å². The largest absolute Gasteiger partial charge is 0.289 e. The topological polar surface area (TPSA) is 39.7 Å². The fourth-order valence-electron chi connectivity index (χ4n) is 0.558. The Labute approximate surface area is 62.4 Å². The first-order valence-electron chi connectivity index (χ1n) is 2.80. The molecule has 1 aliphatic heterocycles. The van der Waals surface area contributed by atoms with Crippen LogP contribution in [0.5, 0.6) is 0 Å². The summed E-state index contributed by atoms with van der Waals surface area (Å²) in [7, 11) is 0. The van der Waals surface area contributed by atoms with Crippen LogP contribution in [0.4, 0.5) is 0 Å². The second kappa shape index (κ2) is 3.68. The highest BCUT2D eigenvalue weighted by molar-refractivity contribution is 9.09. The number of rotatable bonds is 3. The first kappa shape index (κ1) is 6.82. The first-order chi connectivity index (χ1) is 4.43. The lowest BCUT2D eigenvalue weighted by Crippen LogP contribution is -2.39. The van der Waals surface area contributed by atoms with Crippen molar-refractivity contribution in [1.82, 2.24) is 16.1 Å². The third kappa shape index (κ3) is 2.19. The van der Waals surface area contributed by atoms with E-state index in [-0.39, 0.29) is 0 Å². The zero-order valence-corrected chi connectivity index (χ0v) is 6.56. The average Bonchev–Trinajstić information content (AvgIpc) is 2.34. The maximum absolute atomic E-state index is 3.74. The fourth-order valence-corrected chi connectivity index (χ4v) is 0.809. The molecule has 4 nitrogen and oxygen atoms in total. The number of halogens is 1. The lowest BCUT2D eigenvalue weighted by Gasteiger charge is -2.12. The first-order valence-corrected chi connectivity index (χ1v) is 3.92. The van der Waals surface area contributed by atoms with Crippen LogP contribution in [0.15, 0.2) is 5.10 Å². The molecule has 0 unspecified atom stereocenters. The van der Waals surface area contributed by atoms with Gasteiger partial charge >= 0.3 is 0 Å². The Morgan fingerprint density at radius 2 is 2.56 bits per heavy atom. The van der Waals surface area contributed by atoms with Crippen LogP contribution in [0.2, 0.25) is 0 Å². The lowest BCUT2D eigenvalue weighted by atomic mass is 10.5. The summed E-state index contributed by atoms with van der Waals surface area (Å²) in [6.45, 7) is 0.950. The SMILES string of the molecule is BrCCCN1NC=NN1. The minimum Gasteiger partial charge on any atom is -0.289 e. The van der Waals surface area contributed by atoms with Crippen LogP contribution in [-0.4, -0.2) is 23.3 Å². The smallest absolute Gasteiger partial charge is 0.126 e. The second-order valence-corrected chi connectivity index (χ2v) is 2.47. The van der Waals surface area contributed by atoms with E-state index in [0.717, 1.165) is 18.3 Å². The molecular weight excluding hydrogens is 184 g/mol. The Morgan fingerprint density at radius 3 is 3.11 bits per heavy atom. The van der Waals surface area contributed by atoms with Gasteiger partial charge in [-0.15, -0.1) is 5.12 Å². The molecule has 9 heavy (non-hydrogen) atoms. The van der Waals surface area contributed by atoms with Crippen LogP contribution in [0, 0.1) is 0 Å². The molecule has 0 aliphatic carbocycles. The van der Waals surface area contributed by atoms with Crippen molar-refractivity contribution in [1.29, 1.82) is 0 Å². The highest BCUT2D eigenvalue weighted by Gasteiger charge is 2.02. The molecule has 1 aliphatic rings. The molecule has 0 aromatic carbocycles. The van der Waals surface area contributed by atoms with E-state index < -0.39 is 0 Å². The summed E-state index contributed by atoms with van der Waals surface area (Å²) in [5.41, 5.74) is 5.66. The van der Waals surface area contributed by atoms with E-state index in [0.29, 0.717) is 0 Å². The van der Waals surface area contributed by atoms with Gasteiger partial charge in [-0.25, -0.2) is 5.53 Å². The molecule has 1 rings (SSSR count). The molecule has 52 valence electrons. The van der Waals surface area contributed by atoms with Gasteiger partial charge in [-0.05, 0) is 6.42 Å². The van der Waals surface area contributed by atoms with E-state index in [1.807, 2.05) is 5.12 Å². The number of hydrogen-bond acceptors (Lipinski definition) is 4. The molecule has 0 spiro atoms. The average molecular weight is 193 g/mol. The summed E-state index contributed by atoms with van der Waals surface area (Å²) < 4.78 is 0. The molecule has 0 bridgehead atoms. The summed E-state index contributed by atoms with van der Waals surface area (Å²) in [6.07, 6.45) is 2.72. The van der Waals surface area contributed by atoms with E-state index >= 15 is 0 Å². The lowest BCUT2D eigenvalue weighted by molar-refractivity contribution is 0.182. The fraction of sp³-hybridized carbons (Fsp3) is 0.750. The van der Waals surface area contributed by atoms with Gasteiger partial charge < -0.3 is 0 Å². The summed E-state index contributed by atoms with van der Waals surface area (Å²) in [5, 5.41) is 6.58. The van der Waals surface area contributed by atoms with Gasteiger partial charge in [-0.1, -0.05) is 15.9 Å². The van der Waals surface area contributed by atoms with E-state index in [4.69, 9.17) is 0 Å². The maximum atomic E-state index is 3.74. The van der Waals surface area contributed by atoms with Crippen molar-refractivity contribution in [2.45, 2.75) is 6.42 Å². The number of hydrogen-bond donors (Lipinski definition) is 2. The van der Waals surface area contributed by atoms with Crippen molar-refractivity contribution < 1.29 is 0 Å². The summed E-state index contributed by atoms with van der Waals surface area (Å²) in [5.74, 6) is 0. The van der Waals surface area contributed by atoms with Gasteiger partial charge in [0, 0.05) is 11.9 Å². The van der Waals surface area contributed by atoms with Crippen LogP contribution in [-0.2, 0) is 0 Å². The Hall–Kier alpha value is -0.290. The van der Waals surface area contributed by atoms with E-state index in [1.54, 1.807) is 6.34 Å². The number of hydrazine groups is 2. The normalized spacial score (nSPS) is 17.4. The number of alkyl halides is 1. The number of hydrazone groups is 1. The van der Waals surface area contributed by atoms with Gasteiger partial charge in [0.05, 0.1) is 0 Å². The van der Waals surface area contributed by atoms with Gasteiger partial charge in [0.2, 0.25) is 0 Å². The van der Waals surface area contributed by atoms with E-state index in [9.17, 15) is 0 Å². The van der Waals surface area contributed by atoms with Gasteiger partial charge in [0.25, 0.3) is 0 Å². The van der Waals surface area contributed by atoms with E-state index in [1.165, 1.54) is 0 Å². The molecule has 0 amide bonds. The van der Waals surface area contributed by atoms with Gasteiger partial charge in [-0.2, -0.15) is 5.10 Å². The Balaban J connectivity index is 2.01. The molecule has 0 fully saturated rings. The Bertz CT molecular complexity index is 96.7. The van der Waals surface area contributed by atoms with Gasteiger partial charge in [0.15, 0.2) is 0 Å². The molecule has 0 aromatic heterocycles. The summed E-state index contributed by atoms with van der Waals surface area (Å²) >= 11 is 3.33. The third-order valence-electron chi connectivity index (χ3n) is 0.972.